The Bertz CT molecular complexity index is 173. The van der Waals surface area contributed by atoms with E-state index in [4.69, 9.17) is 17.7 Å². The maximum Gasteiger partial charge on any atom is 0.683 e. The normalized spacial score (nSPS) is 14.4. The average Bonchev–Trinajstić information content (AvgIpc) is 2.19. The van der Waals surface area contributed by atoms with E-state index in [1.807, 2.05) is 0 Å². The van der Waals surface area contributed by atoms with Crippen molar-refractivity contribution >= 4 is 9.05 Å². The summed E-state index contributed by atoms with van der Waals surface area (Å²) < 4.78 is 22.2. The largest absolute Gasteiger partial charge is 0.870 e. The van der Waals surface area contributed by atoms with Crippen molar-refractivity contribution in [1.29, 1.82) is 0 Å². The van der Waals surface area contributed by atoms with Crippen molar-refractivity contribution in [3.63, 3.8) is 0 Å². The van der Waals surface area contributed by atoms with E-state index in [0.29, 0.717) is 4.48 Å². The molecule has 0 aromatic heterocycles. The smallest absolute Gasteiger partial charge is 0.683 e. The first-order valence-corrected chi connectivity index (χ1v) is 6.63. The van der Waals surface area contributed by atoms with Gasteiger partial charge in [0.05, 0.1) is 21.1 Å². The molecule has 0 radical (unpaired) electrons. The topological polar surface area (TPSA) is 66.9 Å². The summed E-state index contributed by atoms with van der Waals surface area (Å²) in [6.07, 6.45) is 0.866. The highest BCUT2D eigenvalue weighted by atomic mass is 28.4. The zero-order valence-corrected chi connectivity index (χ0v) is 12.3. The number of rotatable bonds is 7. The van der Waals surface area contributed by atoms with Gasteiger partial charge in [0.2, 0.25) is 0 Å². The van der Waals surface area contributed by atoms with Crippen molar-refractivity contribution in [3.8, 4) is 0 Å². The van der Waals surface area contributed by atoms with Gasteiger partial charge >= 0.3 is 9.05 Å². The van der Waals surface area contributed by atoms with Gasteiger partial charge in [-0.05, 0) is 0 Å². The van der Waals surface area contributed by atoms with Crippen molar-refractivity contribution in [2.75, 3.05) is 42.5 Å². The third-order valence-corrected chi connectivity index (χ3v) is 4.30. The van der Waals surface area contributed by atoms with Crippen LogP contribution in [0.5, 0.6) is 0 Å². The minimum absolute atomic E-state index is 0. The summed E-state index contributed by atoms with van der Waals surface area (Å²) >= 11 is 0. The quantitative estimate of drug-likeness (QED) is 0.379. The van der Waals surface area contributed by atoms with E-state index in [1.165, 1.54) is 0 Å². The van der Waals surface area contributed by atoms with E-state index in [-0.39, 0.29) is 11.7 Å². The molecule has 1 N–H and O–H groups in total. The molecule has 100 valence electrons. The van der Waals surface area contributed by atoms with Gasteiger partial charge in [0.1, 0.15) is 0 Å². The summed E-state index contributed by atoms with van der Waals surface area (Å²) in [5, 5.41) is 0. The summed E-state index contributed by atoms with van der Waals surface area (Å²) in [7, 11) is 7.89. The van der Waals surface area contributed by atoms with E-state index in [1.54, 1.807) is 21.3 Å². The van der Waals surface area contributed by atoms with Crippen molar-refractivity contribution in [3.05, 3.63) is 0 Å². The van der Waals surface area contributed by atoms with Crippen LogP contribution in [0.2, 0.25) is 0 Å². The molecule has 6 nitrogen and oxygen atoms in total. The fourth-order valence-electron chi connectivity index (χ4n) is 1.35. The first-order valence-electron chi connectivity index (χ1n) is 4.99. The van der Waals surface area contributed by atoms with Crippen LogP contribution in [0.1, 0.15) is 13.3 Å². The molecule has 0 saturated heterocycles. The molecule has 0 bridgehead atoms. The second-order valence-corrected chi connectivity index (χ2v) is 6.67. The van der Waals surface area contributed by atoms with Gasteiger partial charge in [-0.3, -0.25) is 4.43 Å². The van der Waals surface area contributed by atoms with Gasteiger partial charge in [-0.2, -0.15) is 0 Å². The highest BCUT2D eigenvalue weighted by Crippen LogP contribution is 2.17. The summed E-state index contributed by atoms with van der Waals surface area (Å²) in [4.78, 5) is 0. The molecule has 0 spiro atoms. The van der Waals surface area contributed by atoms with Crippen LogP contribution in [0.3, 0.4) is 0 Å². The molecule has 1 unspecified atom stereocenters. The minimum Gasteiger partial charge on any atom is -0.870 e. The lowest BCUT2D eigenvalue weighted by Crippen LogP contribution is -2.56. The molecule has 0 fully saturated rings. The Labute approximate surface area is 99.4 Å². The molecule has 16 heavy (non-hydrogen) atoms. The maximum absolute atomic E-state index is 5.84. The number of nitrogens with zero attached hydrogens (tertiary/aromatic N) is 1. The number of hydrogen-bond acceptors (Lipinski definition) is 5. The van der Waals surface area contributed by atoms with Crippen LogP contribution in [0, 0.1) is 0 Å². The van der Waals surface area contributed by atoms with Crippen molar-refractivity contribution in [1.82, 2.24) is 0 Å². The van der Waals surface area contributed by atoms with E-state index < -0.39 is 9.05 Å². The molecule has 0 aromatic carbocycles. The van der Waals surface area contributed by atoms with Gasteiger partial charge < -0.3 is 23.2 Å². The predicted molar refractivity (Wildman–Crippen MR) is 61.9 cm³/mol. The molecular weight excluding hydrogens is 230 g/mol. The third kappa shape index (κ3) is 4.87. The van der Waals surface area contributed by atoms with E-state index in [9.17, 15) is 0 Å². The van der Waals surface area contributed by atoms with Crippen LogP contribution in [-0.4, -0.2) is 67.7 Å². The molecule has 0 aliphatic heterocycles. The summed E-state index contributed by atoms with van der Waals surface area (Å²) in [6.45, 7) is 2.06. The highest BCUT2D eigenvalue weighted by molar-refractivity contribution is 6.53. The van der Waals surface area contributed by atoms with Gasteiger partial charge in [0.15, 0.2) is 6.23 Å². The third-order valence-electron chi connectivity index (χ3n) is 2.24. The van der Waals surface area contributed by atoms with E-state index >= 15 is 0 Å². The lowest BCUT2D eigenvalue weighted by atomic mass is 10.4. The predicted octanol–water partition coefficient (Wildman–Crippen LogP) is 0.643. The van der Waals surface area contributed by atoms with Crippen molar-refractivity contribution < 1.29 is 27.7 Å². The molecule has 0 heterocycles. The molecule has 0 rings (SSSR count). The minimum atomic E-state index is -2.93. The molecule has 0 aliphatic carbocycles. The van der Waals surface area contributed by atoms with Crippen molar-refractivity contribution in [2.45, 2.75) is 19.6 Å². The Morgan fingerprint density at radius 3 is 1.56 bits per heavy atom. The van der Waals surface area contributed by atoms with Gasteiger partial charge in [-0.15, -0.1) is 0 Å². The second kappa shape index (κ2) is 7.33. The van der Waals surface area contributed by atoms with E-state index in [2.05, 4.69) is 28.1 Å². The molecule has 0 aromatic rings. The van der Waals surface area contributed by atoms with Gasteiger partial charge in [-0.1, -0.05) is 6.92 Å². The Balaban J connectivity index is 0. The zero-order valence-electron chi connectivity index (χ0n) is 11.3. The lowest BCUT2D eigenvalue weighted by molar-refractivity contribution is -0.917. The van der Waals surface area contributed by atoms with Gasteiger partial charge in [-0.25, -0.2) is 0 Å². The van der Waals surface area contributed by atoms with Crippen LogP contribution in [0.15, 0.2) is 0 Å². The molecule has 0 aliphatic rings. The Hall–Kier alpha value is -0.0231. The fraction of sp³-hybridized carbons (Fsp3) is 1.00. The number of quaternary nitrogens is 1. The number of hydrogen-bond donors (Lipinski definition) is 0. The molecule has 1 atom stereocenters. The van der Waals surface area contributed by atoms with Gasteiger partial charge in [0, 0.05) is 27.8 Å². The fourth-order valence-corrected chi connectivity index (χ4v) is 2.95. The van der Waals surface area contributed by atoms with Crippen LogP contribution in [0.4, 0.5) is 0 Å². The molecule has 0 amide bonds. The Kier molecular flexibility index (Phi) is 8.41. The Morgan fingerprint density at radius 2 is 1.38 bits per heavy atom. The summed E-state index contributed by atoms with van der Waals surface area (Å²) in [5.41, 5.74) is 0. The lowest BCUT2D eigenvalue weighted by Gasteiger charge is -2.36. The molecule has 0 saturated carbocycles. The summed E-state index contributed by atoms with van der Waals surface area (Å²) in [6, 6.07) is 0. The van der Waals surface area contributed by atoms with Gasteiger partial charge in [0.25, 0.3) is 0 Å². The molecule has 7 heteroatoms. The standard InChI is InChI=1S/C9H24NO4Si.H2O/c1-8-9(10(2,3)4)14-15(11-5,12-6)13-7;/h9H,8H2,1-7H3;1H2/q+1;/p-1. The average molecular weight is 255 g/mol. The van der Waals surface area contributed by atoms with Crippen LogP contribution in [0.25, 0.3) is 0 Å². The highest BCUT2D eigenvalue weighted by Gasteiger charge is 2.47. The monoisotopic (exact) mass is 255 g/mol. The van der Waals surface area contributed by atoms with E-state index in [0.717, 1.165) is 6.42 Å². The SMILES string of the molecule is CCC(O[Si](OC)(OC)OC)[N+](C)(C)C.[OH-]. The first-order chi connectivity index (χ1) is 6.85. The summed E-state index contributed by atoms with van der Waals surface area (Å²) in [5.74, 6) is 0. The van der Waals surface area contributed by atoms with Crippen LogP contribution >= 0.6 is 0 Å². The van der Waals surface area contributed by atoms with Crippen LogP contribution in [-0.2, 0) is 17.7 Å². The Morgan fingerprint density at radius 1 is 1.00 bits per heavy atom. The van der Waals surface area contributed by atoms with Crippen molar-refractivity contribution in [2.24, 2.45) is 0 Å². The maximum atomic E-state index is 5.84. The first kappa shape index (κ1) is 18.3. The molecular formula is C9H25NO5Si. The zero-order chi connectivity index (χ0) is 12.1. The second-order valence-electron chi connectivity index (χ2n) is 4.21. The van der Waals surface area contributed by atoms with Crippen LogP contribution < -0.4 is 0 Å².